The number of hydrogen-bond acceptors (Lipinski definition) is 4. The summed E-state index contributed by atoms with van der Waals surface area (Å²) in [5, 5.41) is 0. The maximum atomic E-state index is 12.1. The van der Waals surface area contributed by atoms with Crippen LogP contribution in [0.5, 0.6) is 0 Å². The van der Waals surface area contributed by atoms with Crippen molar-refractivity contribution in [2.45, 2.75) is 24.8 Å². The summed E-state index contributed by atoms with van der Waals surface area (Å²) in [5.41, 5.74) is 1.31. The molecule has 0 aliphatic heterocycles. The lowest BCUT2D eigenvalue weighted by Crippen LogP contribution is -2.42. The Kier molecular flexibility index (Phi) is 4.85. The van der Waals surface area contributed by atoms with E-state index < -0.39 is 22.0 Å². The molecule has 0 saturated carbocycles. The zero-order valence-electron chi connectivity index (χ0n) is 11.1. The number of aryl methyl sites for hydroxylation is 1. The molecule has 1 rings (SSSR count). The molecule has 1 N–H and O–H groups in total. The molecule has 104 valence electrons. The molecule has 0 fully saturated rings. The summed E-state index contributed by atoms with van der Waals surface area (Å²) in [6.45, 7) is 7.00. The molecule has 1 aromatic rings. The van der Waals surface area contributed by atoms with E-state index >= 15 is 0 Å². The van der Waals surface area contributed by atoms with Crippen molar-refractivity contribution in [1.29, 1.82) is 0 Å². The van der Waals surface area contributed by atoms with Crippen molar-refractivity contribution in [2.75, 3.05) is 7.11 Å². The summed E-state index contributed by atoms with van der Waals surface area (Å²) in [6.07, 6.45) is 0. The van der Waals surface area contributed by atoms with Gasteiger partial charge in [0.15, 0.2) is 0 Å². The summed E-state index contributed by atoms with van der Waals surface area (Å²) in [5.74, 6) is -0.691. The lowest BCUT2D eigenvalue weighted by atomic mass is 10.2. The normalized spacial score (nSPS) is 12.8. The van der Waals surface area contributed by atoms with Crippen LogP contribution in [-0.2, 0) is 19.6 Å². The molecule has 0 radical (unpaired) electrons. The van der Waals surface area contributed by atoms with Crippen LogP contribution in [0.4, 0.5) is 0 Å². The number of sulfonamides is 1. The molecule has 0 bridgehead atoms. The van der Waals surface area contributed by atoms with Crippen LogP contribution in [0.3, 0.4) is 0 Å². The van der Waals surface area contributed by atoms with Gasteiger partial charge in [-0.25, -0.2) is 13.2 Å². The SMILES string of the molecule is C=C(C)[C@H](NS(=O)(=O)c1ccc(C)cc1)C(=O)OC. The molecule has 0 aromatic heterocycles. The minimum absolute atomic E-state index is 0.0910. The van der Waals surface area contributed by atoms with Crippen molar-refractivity contribution in [3.05, 3.63) is 42.0 Å². The Morgan fingerprint density at radius 3 is 2.26 bits per heavy atom. The van der Waals surface area contributed by atoms with Crippen molar-refractivity contribution in [3.63, 3.8) is 0 Å². The topological polar surface area (TPSA) is 72.5 Å². The van der Waals surface area contributed by atoms with E-state index in [0.717, 1.165) is 5.56 Å². The smallest absolute Gasteiger partial charge is 0.328 e. The quantitative estimate of drug-likeness (QED) is 0.654. The molecule has 5 nitrogen and oxygen atoms in total. The van der Waals surface area contributed by atoms with Crippen molar-refractivity contribution < 1.29 is 17.9 Å². The first kappa shape index (κ1) is 15.4. The van der Waals surface area contributed by atoms with Gasteiger partial charge >= 0.3 is 5.97 Å². The van der Waals surface area contributed by atoms with Gasteiger partial charge in [0.1, 0.15) is 6.04 Å². The van der Waals surface area contributed by atoms with Crippen LogP contribution in [-0.4, -0.2) is 27.5 Å². The number of nitrogens with one attached hydrogen (secondary N) is 1. The monoisotopic (exact) mass is 283 g/mol. The van der Waals surface area contributed by atoms with Crippen molar-refractivity contribution >= 4 is 16.0 Å². The molecular formula is C13H17NO4S. The number of carbonyl (C=O) groups excluding carboxylic acids is 1. The molecule has 0 aliphatic rings. The van der Waals surface area contributed by atoms with Gasteiger partial charge in [-0.05, 0) is 26.0 Å². The van der Waals surface area contributed by atoms with Gasteiger partial charge in [-0.15, -0.1) is 0 Å². The molecular weight excluding hydrogens is 266 g/mol. The molecule has 6 heteroatoms. The van der Waals surface area contributed by atoms with Gasteiger partial charge in [0, 0.05) is 0 Å². The van der Waals surface area contributed by atoms with E-state index in [1.165, 1.54) is 19.2 Å². The second kappa shape index (κ2) is 5.99. The van der Waals surface area contributed by atoms with Crippen LogP contribution in [0.25, 0.3) is 0 Å². The van der Waals surface area contributed by atoms with Gasteiger partial charge in [0.05, 0.1) is 12.0 Å². The molecule has 1 aromatic carbocycles. The molecule has 0 saturated heterocycles. The molecule has 0 aliphatic carbocycles. The third kappa shape index (κ3) is 3.90. The lowest BCUT2D eigenvalue weighted by Gasteiger charge is -2.16. The summed E-state index contributed by atoms with van der Waals surface area (Å²) in [7, 11) is -2.60. The summed E-state index contributed by atoms with van der Waals surface area (Å²) < 4.78 is 31.1. The number of esters is 1. The van der Waals surface area contributed by atoms with E-state index in [2.05, 4.69) is 16.0 Å². The fourth-order valence-electron chi connectivity index (χ4n) is 1.41. The predicted octanol–water partition coefficient (Wildman–Crippen LogP) is 1.39. The van der Waals surface area contributed by atoms with Crippen LogP contribution < -0.4 is 4.72 Å². The molecule has 0 amide bonds. The average molecular weight is 283 g/mol. The van der Waals surface area contributed by atoms with Crippen molar-refractivity contribution in [1.82, 2.24) is 4.72 Å². The Labute approximate surface area is 113 Å². The Balaban J connectivity index is 3.04. The zero-order chi connectivity index (χ0) is 14.6. The first-order valence-corrected chi connectivity index (χ1v) is 7.08. The van der Waals surface area contributed by atoms with Crippen LogP contribution >= 0.6 is 0 Å². The summed E-state index contributed by atoms with van der Waals surface area (Å²) in [4.78, 5) is 11.6. The average Bonchev–Trinajstić information content (AvgIpc) is 2.35. The predicted molar refractivity (Wildman–Crippen MR) is 72.1 cm³/mol. The molecule has 19 heavy (non-hydrogen) atoms. The van der Waals surface area contributed by atoms with Gasteiger partial charge in [0.25, 0.3) is 0 Å². The lowest BCUT2D eigenvalue weighted by molar-refractivity contribution is -0.141. The number of ether oxygens (including phenoxy) is 1. The van der Waals surface area contributed by atoms with E-state index in [9.17, 15) is 13.2 Å². The highest BCUT2D eigenvalue weighted by molar-refractivity contribution is 7.89. The van der Waals surface area contributed by atoms with Crippen molar-refractivity contribution in [2.24, 2.45) is 0 Å². The van der Waals surface area contributed by atoms with E-state index in [1.54, 1.807) is 19.1 Å². The minimum Gasteiger partial charge on any atom is -0.468 e. The Morgan fingerprint density at radius 1 is 1.32 bits per heavy atom. The highest BCUT2D eigenvalue weighted by Crippen LogP contribution is 2.12. The number of hydrogen-bond donors (Lipinski definition) is 1. The fraction of sp³-hybridized carbons (Fsp3) is 0.308. The first-order valence-electron chi connectivity index (χ1n) is 5.60. The number of rotatable bonds is 5. The summed E-state index contributed by atoms with van der Waals surface area (Å²) >= 11 is 0. The van der Waals surface area contributed by atoms with E-state index in [0.29, 0.717) is 5.57 Å². The van der Waals surface area contributed by atoms with Gasteiger partial charge in [0.2, 0.25) is 10.0 Å². The second-order valence-corrected chi connectivity index (χ2v) is 5.95. The summed E-state index contributed by atoms with van der Waals surface area (Å²) in [6, 6.07) is 5.23. The maximum Gasteiger partial charge on any atom is 0.328 e. The maximum absolute atomic E-state index is 12.1. The Hall–Kier alpha value is -1.66. The fourth-order valence-corrected chi connectivity index (χ4v) is 2.65. The zero-order valence-corrected chi connectivity index (χ0v) is 12.0. The van der Waals surface area contributed by atoms with Crippen LogP contribution in [0.15, 0.2) is 41.3 Å². The van der Waals surface area contributed by atoms with Gasteiger partial charge in [-0.2, -0.15) is 4.72 Å². The third-order valence-electron chi connectivity index (χ3n) is 2.53. The number of benzene rings is 1. The molecule has 0 spiro atoms. The number of carbonyl (C=O) groups is 1. The van der Waals surface area contributed by atoms with Crippen LogP contribution in [0.1, 0.15) is 12.5 Å². The van der Waals surface area contributed by atoms with E-state index in [-0.39, 0.29) is 4.90 Å². The third-order valence-corrected chi connectivity index (χ3v) is 3.97. The van der Waals surface area contributed by atoms with Crippen LogP contribution in [0, 0.1) is 6.92 Å². The standard InChI is InChI=1S/C13H17NO4S/c1-9(2)12(13(15)18-4)14-19(16,17)11-7-5-10(3)6-8-11/h5-8,12,14H,1H2,2-4H3/t12-/m0/s1. The minimum atomic E-state index is -3.79. The highest BCUT2D eigenvalue weighted by Gasteiger charge is 2.26. The number of methoxy groups -OCH3 is 1. The highest BCUT2D eigenvalue weighted by atomic mass is 32.2. The Bertz CT molecular complexity index is 575. The molecule has 0 heterocycles. The van der Waals surface area contributed by atoms with Gasteiger partial charge in [-0.1, -0.05) is 29.8 Å². The van der Waals surface area contributed by atoms with Crippen molar-refractivity contribution in [3.8, 4) is 0 Å². The van der Waals surface area contributed by atoms with Crippen LogP contribution in [0.2, 0.25) is 0 Å². The van der Waals surface area contributed by atoms with E-state index in [1.807, 2.05) is 6.92 Å². The molecule has 0 unspecified atom stereocenters. The van der Waals surface area contributed by atoms with E-state index in [4.69, 9.17) is 0 Å². The van der Waals surface area contributed by atoms with Gasteiger partial charge in [-0.3, -0.25) is 0 Å². The second-order valence-electron chi connectivity index (χ2n) is 4.24. The largest absolute Gasteiger partial charge is 0.468 e. The molecule has 1 atom stereocenters. The van der Waals surface area contributed by atoms with Gasteiger partial charge < -0.3 is 4.74 Å². The first-order chi connectivity index (χ1) is 8.77. The Morgan fingerprint density at radius 2 is 1.84 bits per heavy atom.